The first-order valence-corrected chi connectivity index (χ1v) is 11.0. The Morgan fingerprint density at radius 3 is 1.66 bits per heavy atom. The van der Waals surface area contributed by atoms with Crippen LogP contribution in [0.15, 0.2) is 91.0 Å². The minimum Gasteiger partial charge on any atom is -0.366 e. The molecular formula is C27H28O5. The number of rotatable bonds is 6. The summed E-state index contributed by atoms with van der Waals surface area (Å²) >= 11 is 0. The van der Waals surface area contributed by atoms with Gasteiger partial charge in [-0.25, -0.2) is 0 Å². The average Bonchev–Trinajstić information content (AvgIpc) is 3.29. The van der Waals surface area contributed by atoms with E-state index in [-0.39, 0.29) is 6.61 Å². The van der Waals surface area contributed by atoms with Crippen LogP contribution >= 0.6 is 0 Å². The van der Waals surface area contributed by atoms with Gasteiger partial charge in [-0.15, -0.1) is 0 Å². The Bertz CT molecular complexity index is 925. The molecule has 5 heteroatoms. The van der Waals surface area contributed by atoms with Gasteiger partial charge in [0.2, 0.25) is 0 Å². The number of benzene rings is 3. The van der Waals surface area contributed by atoms with Crippen LogP contribution in [0.1, 0.15) is 30.5 Å². The van der Waals surface area contributed by atoms with Gasteiger partial charge in [-0.1, -0.05) is 91.0 Å². The number of aliphatic hydroxyl groups is 1. The highest BCUT2D eigenvalue weighted by atomic mass is 16.8. The molecule has 0 bridgehead atoms. The molecule has 3 unspecified atom stereocenters. The third-order valence-corrected chi connectivity index (χ3v) is 6.13. The van der Waals surface area contributed by atoms with Gasteiger partial charge in [0, 0.05) is 0 Å². The molecule has 2 fully saturated rings. The third-order valence-electron chi connectivity index (χ3n) is 6.13. The predicted molar refractivity (Wildman–Crippen MR) is 120 cm³/mol. The van der Waals surface area contributed by atoms with Crippen LogP contribution in [0.3, 0.4) is 0 Å². The molecule has 1 N–H and O–H groups in total. The maximum atomic E-state index is 10.4. The van der Waals surface area contributed by atoms with Gasteiger partial charge in [-0.05, 0) is 30.5 Å². The van der Waals surface area contributed by atoms with Gasteiger partial charge in [-0.3, -0.25) is 0 Å². The number of fused-ring (bicyclic) bond motifs is 1. The second kappa shape index (κ2) is 8.43. The fourth-order valence-corrected chi connectivity index (χ4v) is 4.77. The van der Waals surface area contributed by atoms with E-state index in [1.165, 1.54) is 0 Å². The minimum atomic E-state index is -1.05. The second-order valence-electron chi connectivity index (χ2n) is 8.72. The molecule has 3 aromatic carbocycles. The van der Waals surface area contributed by atoms with E-state index in [9.17, 15) is 5.11 Å². The van der Waals surface area contributed by atoms with Gasteiger partial charge < -0.3 is 24.1 Å². The number of hydrogen-bond donors (Lipinski definition) is 1. The van der Waals surface area contributed by atoms with E-state index in [1.54, 1.807) is 0 Å². The van der Waals surface area contributed by atoms with Crippen molar-refractivity contribution in [2.24, 2.45) is 0 Å². The van der Waals surface area contributed by atoms with Gasteiger partial charge in [0.05, 0.1) is 6.61 Å². The Balaban J connectivity index is 1.55. The maximum Gasteiger partial charge on any atom is 0.184 e. The Kier molecular flexibility index (Phi) is 5.61. The maximum absolute atomic E-state index is 10.4. The quantitative estimate of drug-likeness (QED) is 0.591. The van der Waals surface area contributed by atoms with E-state index in [0.29, 0.717) is 0 Å². The fraction of sp³-hybridized carbons (Fsp3) is 0.333. The molecular weight excluding hydrogens is 404 g/mol. The zero-order valence-corrected chi connectivity index (χ0v) is 18.3. The van der Waals surface area contributed by atoms with Crippen LogP contribution in [0, 0.1) is 0 Å². The number of ether oxygens (including phenoxy) is 4. The summed E-state index contributed by atoms with van der Waals surface area (Å²) in [5.74, 6) is -0.770. The fourth-order valence-electron chi connectivity index (χ4n) is 4.77. The lowest BCUT2D eigenvalue weighted by atomic mass is 9.80. The molecule has 0 aromatic heterocycles. The van der Waals surface area contributed by atoms with Crippen molar-refractivity contribution in [1.29, 1.82) is 0 Å². The van der Waals surface area contributed by atoms with Crippen molar-refractivity contribution in [3.05, 3.63) is 108 Å². The lowest BCUT2D eigenvalue weighted by Crippen LogP contribution is -2.39. The number of hydrogen-bond acceptors (Lipinski definition) is 5. The van der Waals surface area contributed by atoms with Crippen molar-refractivity contribution in [2.45, 2.75) is 49.8 Å². The van der Waals surface area contributed by atoms with Crippen LogP contribution in [0.5, 0.6) is 0 Å². The van der Waals surface area contributed by atoms with Crippen LogP contribution in [-0.2, 0) is 24.5 Å². The van der Waals surface area contributed by atoms with Gasteiger partial charge in [0.15, 0.2) is 12.1 Å². The van der Waals surface area contributed by atoms with Crippen LogP contribution < -0.4 is 0 Å². The van der Waals surface area contributed by atoms with Gasteiger partial charge in [0.25, 0.3) is 0 Å². The number of aliphatic hydroxyl groups excluding tert-OH is 1. The Hall–Kier alpha value is -2.54. The Morgan fingerprint density at radius 1 is 0.750 bits per heavy atom. The Morgan fingerprint density at radius 2 is 1.19 bits per heavy atom. The highest BCUT2D eigenvalue weighted by molar-refractivity contribution is 5.47. The first-order valence-electron chi connectivity index (χ1n) is 11.0. The monoisotopic (exact) mass is 432 g/mol. The minimum absolute atomic E-state index is 0.219. The topological polar surface area (TPSA) is 57.2 Å². The van der Waals surface area contributed by atoms with Crippen LogP contribution in [0.4, 0.5) is 0 Å². The molecule has 4 atom stereocenters. The summed E-state index contributed by atoms with van der Waals surface area (Å²) in [6.07, 6.45) is -2.44. The Labute approximate surface area is 188 Å². The smallest absolute Gasteiger partial charge is 0.184 e. The van der Waals surface area contributed by atoms with Crippen molar-refractivity contribution < 1.29 is 24.1 Å². The molecule has 3 aromatic rings. The van der Waals surface area contributed by atoms with Crippen molar-refractivity contribution in [3.8, 4) is 0 Å². The van der Waals surface area contributed by atoms with Crippen molar-refractivity contribution in [1.82, 2.24) is 0 Å². The van der Waals surface area contributed by atoms with Crippen molar-refractivity contribution in [3.63, 3.8) is 0 Å². The molecule has 2 heterocycles. The molecule has 2 aliphatic rings. The SMILES string of the molecule is CC1(C)OC2C(O)O[C@H](COC(c3ccccc3)(c3ccccc3)c3ccccc3)C2O1. The van der Waals surface area contributed by atoms with Gasteiger partial charge in [-0.2, -0.15) is 0 Å². The zero-order valence-electron chi connectivity index (χ0n) is 18.3. The van der Waals surface area contributed by atoms with Gasteiger partial charge in [0.1, 0.15) is 23.9 Å². The van der Waals surface area contributed by atoms with Crippen LogP contribution in [0.2, 0.25) is 0 Å². The van der Waals surface area contributed by atoms with Crippen LogP contribution in [-0.4, -0.2) is 42.1 Å². The average molecular weight is 433 g/mol. The van der Waals surface area contributed by atoms with Crippen LogP contribution in [0.25, 0.3) is 0 Å². The summed E-state index contributed by atoms with van der Waals surface area (Å²) in [5, 5.41) is 10.4. The third kappa shape index (κ3) is 3.76. The highest BCUT2D eigenvalue weighted by Gasteiger charge is 2.55. The van der Waals surface area contributed by atoms with Crippen molar-refractivity contribution >= 4 is 0 Å². The molecule has 0 spiro atoms. The summed E-state index contributed by atoms with van der Waals surface area (Å²) in [7, 11) is 0. The largest absolute Gasteiger partial charge is 0.366 e. The molecule has 0 saturated carbocycles. The highest BCUT2D eigenvalue weighted by Crippen LogP contribution is 2.43. The zero-order chi connectivity index (χ0) is 22.2. The van der Waals surface area contributed by atoms with Gasteiger partial charge >= 0.3 is 0 Å². The first-order chi connectivity index (χ1) is 15.5. The van der Waals surface area contributed by atoms with E-state index in [2.05, 4.69) is 36.4 Å². The predicted octanol–water partition coefficient (Wildman–Crippen LogP) is 4.23. The lowest BCUT2D eigenvalue weighted by molar-refractivity contribution is -0.227. The molecule has 0 amide bonds. The van der Waals surface area contributed by atoms with E-state index in [0.717, 1.165) is 16.7 Å². The first kappa shape index (κ1) is 21.3. The summed E-state index contributed by atoms with van der Waals surface area (Å²) < 4.78 is 24.5. The van der Waals surface area contributed by atoms with E-state index in [1.807, 2.05) is 68.4 Å². The second-order valence-corrected chi connectivity index (χ2v) is 8.72. The molecule has 0 radical (unpaired) electrons. The summed E-state index contributed by atoms with van der Waals surface area (Å²) in [6.45, 7) is 3.91. The lowest BCUT2D eigenvalue weighted by Gasteiger charge is -2.37. The molecule has 166 valence electrons. The summed E-state index contributed by atoms with van der Waals surface area (Å²) in [4.78, 5) is 0. The molecule has 2 aliphatic heterocycles. The molecule has 32 heavy (non-hydrogen) atoms. The molecule has 0 aliphatic carbocycles. The summed E-state index contributed by atoms with van der Waals surface area (Å²) in [5.41, 5.74) is 2.18. The normalized spacial score (nSPS) is 26.7. The summed E-state index contributed by atoms with van der Waals surface area (Å²) in [6, 6.07) is 30.5. The molecule has 5 rings (SSSR count). The molecule has 2 saturated heterocycles. The van der Waals surface area contributed by atoms with E-state index < -0.39 is 36.0 Å². The van der Waals surface area contributed by atoms with E-state index in [4.69, 9.17) is 18.9 Å². The standard InChI is InChI=1S/C27H28O5/c1-26(2)31-23-22(30-25(28)24(23)32-26)18-29-27(19-12-6-3-7-13-19,20-14-8-4-9-15-20)21-16-10-5-11-17-21/h3-17,22-25,28H,18H2,1-2H3/t22-,23?,24?,25?/m1/s1. The van der Waals surface area contributed by atoms with E-state index >= 15 is 0 Å². The van der Waals surface area contributed by atoms with Crippen molar-refractivity contribution in [2.75, 3.05) is 6.61 Å². The molecule has 5 nitrogen and oxygen atoms in total.